The van der Waals surface area contributed by atoms with Gasteiger partial charge in [0.15, 0.2) is 0 Å². The van der Waals surface area contributed by atoms with E-state index in [-0.39, 0.29) is 18.2 Å². The Kier molecular flexibility index (Phi) is 5.97. The fraction of sp³-hybridized carbons (Fsp3) is 0.333. The fourth-order valence-electron chi connectivity index (χ4n) is 3.09. The second kappa shape index (κ2) is 7.97. The Hall–Kier alpha value is -2.62. The summed E-state index contributed by atoms with van der Waals surface area (Å²) in [5, 5.41) is 2.89. The van der Waals surface area contributed by atoms with Gasteiger partial charge in [0.1, 0.15) is 6.42 Å². The van der Waals surface area contributed by atoms with E-state index in [4.69, 9.17) is 0 Å². The minimum Gasteiger partial charge on any atom is -0.325 e. The maximum absolute atomic E-state index is 12.6. The Morgan fingerprint density at radius 3 is 2.16 bits per heavy atom. The summed E-state index contributed by atoms with van der Waals surface area (Å²) in [6.07, 6.45) is -0.172. The van der Waals surface area contributed by atoms with Crippen LogP contribution in [-0.2, 0) is 9.59 Å². The highest BCUT2D eigenvalue weighted by molar-refractivity contribution is 6.09. The zero-order valence-electron chi connectivity index (χ0n) is 15.6. The summed E-state index contributed by atoms with van der Waals surface area (Å²) in [5.41, 5.74) is 5.86. The Morgan fingerprint density at radius 2 is 1.60 bits per heavy atom. The van der Waals surface area contributed by atoms with E-state index in [1.807, 2.05) is 71.0 Å². The van der Waals surface area contributed by atoms with E-state index in [9.17, 15) is 9.59 Å². The lowest BCUT2D eigenvalue weighted by atomic mass is 10.0. The summed E-state index contributed by atoms with van der Waals surface area (Å²) in [6.45, 7) is 10.4. The van der Waals surface area contributed by atoms with Crippen LogP contribution in [0.4, 0.5) is 11.4 Å². The number of benzene rings is 2. The summed E-state index contributed by atoms with van der Waals surface area (Å²) in [5.74, 6) is -0.487. The minimum absolute atomic E-state index is 0.172. The van der Waals surface area contributed by atoms with Crippen molar-refractivity contribution in [3.05, 3.63) is 58.7 Å². The molecule has 2 aromatic rings. The quantitative estimate of drug-likeness (QED) is 0.826. The van der Waals surface area contributed by atoms with Crippen LogP contribution in [-0.4, -0.2) is 18.4 Å². The fourth-order valence-corrected chi connectivity index (χ4v) is 3.09. The number of nitrogens with one attached hydrogen (secondary N) is 1. The van der Waals surface area contributed by atoms with Crippen molar-refractivity contribution < 1.29 is 9.59 Å². The van der Waals surface area contributed by atoms with Crippen LogP contribution in [0, 0.1) is 27.7 Å². The molecular weight excluding hydrogens is 312 g/mol. The largest absolute Gasteiger partial charge is 0.325 e. The number of aryl methyl sites for hydroxylation is 4. The monoisotopic (exact) mass is 338 g/mol. The van der Waals surface area contributed by atoms with Crippen molar-refractivity contribution in [2.24, 2.45) is 0 Å². The van der Waals surface area contributed by atoms with E-state index in [2.05, 4.69) is 5.32 Å². The number of carbonyl (C=O) groups excluding carboxylic acids is 2. The number of rotatable bonds is 5. The molecule has 0 aliphatic rings. The highest BCUT2D eigenvalue weighted by Gasteiger charge is 2.18. The first-order valence-corrected chi connectivity index (χ1v) is 8.56. The second-order valence-corrected chi connectivity index (χ2v) is 6.48. The van der Waals surface area contributed by atoms with Crippen LogP contribution in [0.1, 0.15) is 35.6 Å². The first-order valence-electron chi connectivity index (χ1n) is 8.56. The third-order valence-corrected chi connectivity index (χ3v) is 4.18. The second-order valence-electron chi connectivity index (χ2n) is 6.48. The van der Waals surface area contributed by atoms with Gasteiger partial charge in [0.2, 0.25) is 11.8 Å². The smallest absolute Gasteiger partial charge is 0.236 e. The molecule has 2 aromatic carbocycles. The molecule has 4 nitrogen and oxygen atoms in total. The lowest BCUT2D eigenvalue weighted by Gasteiger charge is -2.21. The topological polar surface area (TPSA) is 49.4 Å². The zero-order chi connectivity index (χ0) is 18.6. The van der Waals surface area contributed by atoms with Crippen LogP contribution in [0.3, 0.4) is 0 Å². The number of hydrogen-bond donors (Lipinski definition) is 1. The minimum atomic E-state index is -0.286. The van der Waals surface area contributed by atoms with Crippen molar-refractivity contribution in [1.29, 1.82) is 0 Å². The van der Waals surface area contributed by atoms with Crippen molar-refractivity contribution >= 4 is 23.2 Å². The van der Waals surface area contributed by atoms with Crippen molar-refractivity contribution in [2.45, 2.75) is 41.0 Å². The lowest BCUT2D eigenvalue weighted by molar-refractivity contribution is -0.125. The van der Waals surface area contributed by atoms with Gasteiger partial charge in [-0.15, -0.1) is 0 Å². The van der Waals surface area contributed by atoms with Gasteiger partial charge in [0.05, 0.1) is 0 Å². The number of anilines is 2. The van der Waals surface area contributed by atoms with E-state index >= 15 is 0 Å². The maximum atomic E-state index is 12.6. The van der Waals surface area contributed by atoms with Gasteiger partial charge >= 0.3 is 0 Å². The summed E-state index contributed by atoms with van der Waals surface area (Å²) in [4.78, 5) is 26.6. The Labute approximate surface area is 149 Å². The predicted molar refractivity (Wildman–Crippen MR) is 103 cm³/mol. The van der Waals surface area contributed by atoms with Crippen molar-refractivity contribution in [1.82, 2.24) is 0 Å². The molecule has 0 aliphatic carbocycles. The highest BCUT2D eigenvalue weighted by Crippen LogP contribution is 2.22. The van der Waals surface area contributed by atoms with Gasteiger partial charge in [-0.25, -0.2) is 0 Å². The van der Waals surface area contributed by atoms with Crippen LogP contribution >= 0.6 is 0 Å². The first kappa shape index (κ1) is 18.7. The van der Waals surface area contributed by atoms with E-state index in [1.54, 1.807) is 4.90 Å². The molecule has 0 bridgehead atoms. The number of amides is 2. The zero-order valence-corrected chi connectivity index (χ0v) is 15.6. The number of hydrogen-bond acceptors (Lipinski definition) is 2. The summed E-state index contributed by atoms with van der Waals surface area (Å²) in [7, 11) is 0. The van der Waals surface area contributed by atoms with Gasteiger partial charge in [0, 0.05) is 17.9 Å². The molecule has 0 spiro atoms. The van der Waals surface area contributed by atoms with E-state index in [0.29, 0.717) is 6.54 Å². The van der Waals surface area contributed by atoms with Gasteiger partial charge in [-0.1, -0.05) is 29.8 Å². The molecule has 4 heteroatoms. The van der Waals surface area contributed by atoms with Crippen molar-refractivity contribution in [2.75, 3.05) is 16.8 Å². The maximum Gasteiger partial charge on any atom is 0.236 e. The lowest BCUT2D eigenvalue weighted by Crippen LogP contribution is -2.33. The number of nitrogens with zero attached hydrogens (tertiary/aromatic N) is 1. The molecule has 2 rings (SSSR count). The molecule has 0 unspecified atom stereocenters. The molecule has 0 saturated heterocycles. The molecule has 0 saturated carbocycles. The van der Waals surface area contributed by atoms with Crippen molar-refractivity contribution in [3.63, 3.8) is 0 Å². The highest BCUT2D eigenvalue weighted by atomic mass is 16.2. The van der Waals surface area contributed by atoms with Crippen LogP contribution in [0.15, 0.2) is 36.4 Å². The van der Waals surface area contributed by atoms with E-state index in [1.165, 1.54) is 0 Å². The van der Waals surface area contributed by atoms with Gasteiger partial charge in [-0.05, 0) is 63.4 Å². The van der Waals surface area contributed by atoms with Crippen LogP contribution in [0.2, 0.25) is 0 Å². The van der Waals surface area contributed by atoms with Crippen LogP contribution in [0.5, 0.6) is 0 Å². The molecule has 0 aromatic heterocycles. The molecule has 0 aliphatic heterocycles. The van der Waals surface area contributed by atoms with Gasteiger partial charge in [-0.2, -0.15) is 0 Å². The van der Waals surface area contributed by atoms with E-state index in [0.717, 1.165) is 33.6 Å². The first-order chi connectivity index (χ1) is 11.8. The third-order valence-electron chi connectivity index (χ3n) is 4.18. The third kappa shape index (κ3) is 4.69. The van der Waals surface area contributed by atoms with Gasteiger partial charge < -0.3 is 10.2 Å². The predicted octanol–water partition coefficient (Wildman–Crippen LogP) is 4.30. The number of carbonyl (C=O) groups is 2. The summed E-state index contributed by atoms with van der Waals surface area (Å²) in [6, 6.07) is 11.8. The Morgan fingerprint density at radius 1 is 0.960 bits per heavy atom. The molecule has 132 valence electrons. The Balaban J connectivity index is 2.10. The molecular formula is C21H26N2O2. The average Bonchev–Trinajstić information content (AvgIpc) is 2.51. The Bertz CT molecular complexity index is 773. The average molecular weight is 338 g/mol. The normalized spacial score (nSPS) is 10.4. The molecule has 0 heterocycles. The van der Waals surface area contributed by atoms with Crippen LogP contribution < -0.4 is 10.2 Å². The standard InChI is InChI=1S/C21H26N2O2/c1-6-23(18-9-7-8-14(2)12-18)20(25)13-19(24)22-21-16(4)10-15(3)11-17(21)5/h7-12H,6,13H2,1-5H3,(H,22,24). The molecule has 25 heavy (non-hydrogen) atoms. The van der Waals surface area contributed by atoms with Gasteiger partial charge in [-0.3, -0.25) is 9.59 Å². The van der Waals surface area contributed by atoms with Crippen molar-refractivity contribution in [3.8, 4) is 0 Å². The summed E-state index contributed by atoms with van der Waals surface area (Å²) < 4.78 is 0. The van der Waals surface area contributed by atoms with Crippen LogP contribution in [0.25, 0.3) is 0 Å². The molecule has 2 amide bonds. The molecule has 0 fully saturated rings. The SMILES string of the molecule is CCN(C(=O)CC(=O)Nc1c(C)cc(C)cc1C)c1cccc(C)c1. The summed E-state index contributed by atoms with van der Waals surface area (Å²) >= 11 is 0. The molecule has 1 N–H and O–H groups in total. The molecule has 0 atom stereocenters. The molecule has 0 radical (unpaired) electrons. The van der Waals surface area contributed by atoms with E-state index < -0.39 is 0 Å². The van der Waals surface area contributed by atoms with Gasteiger partial charge in [0.25, 0.3) is 0 Å².